The number of nitrogens with one attached hydrogen (secondary N) is 2. The van der Waals surface area contributed by atoms with E-state index in [1.54, 1.807) is 0 Å². The summed E-state index contributed by atoms with van der Waals surface area (Å²) in [6.45, 7) is 7.12. The van der Waals surface area contributed by atoms with Gasteiger partial charge in [0.1, 0.15) is 0 Å². The molecule has 1 radical (unpaired) electrons. The summed E-state index contributed by atoms with van der Waals surface area (Å²) in [4.78, 5) is 0. The summed E-state index contributed by atoms with van der Waals surface area (Å²) < 4.78 is 0. The van der Waals surface area contributed by atoms with Crippen LogP contribution in [0.15, 0.2) is 0 Å². The first-order valence-electron chi connectivity index (χ1n) is 4.56. The van der Waals surface area contributed by atoms with Crippen LogP contribution in [-0.2, 0) is 0 Å². The Morgan fingerprint density at radius 1 is 1.00 bits per heavy atom. The summed E-state index contributed by atoms with van der Waals surface area (Å²) in [5.74, 6) is 0. The summed E-state index contributed by atoms with van der Waals surface area (Å²) in [6, 6.07) is 0. The molecule has 0 amide bonds. The third kappa shape index (κ3) is 9.92. The lowest BCUT2D eigenvalue weighted by Crippen LogP contribution is -2.16. The molecule has 2 N–H and O–H groups in total. The highest BCUT2D eigenvalue weighted by molar-refractivity contribution is 4.50. The first-order valence-corrected chi connectivity index (χ1v) is 4.56. The van der Waals surface area contributed by atoms with E-state index in [-0.39, 0.29) is 0 Å². The van der Waals surface area contributed by atoms with Crippen molar-refractivity contribution in [3.63, 3.8) is 0 Å². The maximum absolute atomic E-state index is 3.76. The average molecular weight is 157 g/mol. The molecule has 2 nitrogen and oxygen atoms in total. The molecule has 0 saturated heterocycles. The summed E-state index contributed by atoms with van der Waals surface area (Å²) in [5.41, 5.74) is 0. The number of hydrogen-bond donors (Lipinski definition) is 2. The Hall–Kier alpha value is -0.0800. The van der Waals surface area contributed by atoms with Gasteiger partial charge in [0.15, 0.2) is 0 Å². The standard InChI is InChI=1S/C9H21N2/c1-3-7-11-9-6-4-5-8-10-2/h10-11H,1,3-9H2,2H3. The average Bonchev–Trinajstić information content (AvgIpc) is 2.03. The molecule has 0 heterocycles. The van der Waals surface area contributed by atoms with Crippen molar-refractivity contribution >= 4 is 0 Å². The lowest BCUT2D eigenvalue weighted by Gasteiger charge is -2.02. The molecule has 0 saturated carbocycles. The Morgan fingerprint density at radius 2 is 1.73 bits per heavy atom. The van der Waals surface area contributed by atoms with E-state index in [1.165, 1.54) is 19.3 Å². The van der Waals surface area contributed by atoms with Crippen LogP contribution in [0.5, 0.6) is 0 Å². The number of hydrogen-bond acceptors (Lipinski definition) is 2. The second kappa shape index (κ2) is 9.92. The van der Waals surface area contributed by atoms with Gasteiger partial charge in [0.2, 0.25) is 0 Å². The van der Waals surface area contributed by atoms with Gasteiger partial charge in [-0.1, -0.05) is 13.3 Å². The minimum Gasteiger partial charge on any atom is -0.320 e. The monoisotopic (exact) mass is 157 g/mol. The smallest absolute Gasteiger partial charge is 0.00489 e. The first kappa shape index (κ1) is 10.9. The van der Waals surface area contributed by atoms with Gasteiger partial charge >= 0.3 is 0 Å². The van der Waals surface area contributed by atoms with Gasteiger partial charge < -0.3 is 10.6 Å². The largest absolute Gasteiger partial charge is 0.320 e. The van der Waals surface area contributed by atoms with Crippen LogP contribution in [0.25, 0.3) is 0 Å². The van der Waals surface area contributed by atoms with Crippen molar-refractivity contribution in [3.05, 3.63) is 6.92 Å². The van der Waals surface area contributed by atoms with Crippen molar-refractivity contribution in [2.24, 2.45) is 0 Å². The van der Waals surface area contributed by atoms with E-state index in [0.29, 0.717) is 0 Å². The van der Waals surface area contributed by atoms with E-state index in [0.717, 1.165) is 26.1 Å². The topological polar surface area (TPSA) is 24.1 Å². The van der Waals surface area contributed by atoms with Crippen LogP contribution in [0.4, 0.5) is 0 Å². The van der Waals surface area contributed by atoms with E-state index in [4.69, 9.17) is 0 Å². The number of rotatable bonds is 8. The van der Waals surface area contributed by atoms with Crippen LogP contribution in [-0.4, -0.2) is 26.7 Å². The van der Waals surface area contributed by atoms with Gasteiger partial charge in [0.05, 0.1) is 0 Å². The van der Waals surface area contributed by atoms with Crippen LogP contribution >= 0.6 is 0 Å². The molecule has 0 aliphatic rings. The second-order valence-electron chi connectivity index (χ2n) is 2.77. The van der Waals surface area contributed by atoms with Crippen molar-refractivity contribution in [2.45, 2.75) is 25.7 Å². The van der Waals surface area contributed by atoms with Gasteiger partial charge in [-0.2, -0.15) is 0 Å². The maximum Gasteiger partial charge on any atom is -0.00489 e. The second-order valence-corrected chi connectivity index (χ2v) is 2.77. The van der Waals surface area contributed by atoms with Crippen LogP contribution in [0.1, 0.15) is 25.7 Å². The van der Waals surface area contributed by atoms with Crippen molar-refractivity contribution in [3.8, 4) is 0 Å². The van der Waals surface area contributed by atoms with E-state index in [2.05, 4.69) is 17.6 Å². The predicted molar refractivity (Wildman–Crippen MR) is 50.6 cm³/mol. The molecule has 11 heavy (non-hydrogen) atoms. The minimum absolute atomic E-state index is 0.997. The minimum atomic E-state index is 0.997. The fraction of sp³-hybridized carbons (Fsp3) is 0.889. The molecule has 0 unspecified atom stereocenters. The molecule has 0 aliphatic carbocycles. The zero-order valence-corrected chi connectivity index (χ0v) is 7.66. The van der Waals surface area contributed by atoms with Gasteiger partial charge in [-0.05, 0) is 45.9 Å². The first-order chi connectivity index (χ1) is 5.41. The van der Waals surface area contributed by atoms with Crippen molar-refractivity contribution in [2.75, 3.05) is 26.7 Å². The maximum atomic E-state index is 3.76. The fourth-order valence-electron chi connectivity index (χ4n) is 0.979. The van der Waals surface area contributed by atoms with Gasteiger partial charge in [-0.15, -0.1) is 0 Å². The molecule has 0 aromatic carbocycles. The third-order valence-electron chi connectivity index (χ3n) is 1.63. The lowest BCUT2D eigenvalue weighted by molar-refractivity contribution is 0.592. The number of unbranched alkanes of at least 4 members (excludes halogenated alkanes) is 2. The molecular formula is C9H21N2. The van der Waals surface area contributed by atoms with E-state index in [9.17, 15) is 0 Å². The predicted octanol–water partition coefficient (Wildman–Crippen LogP) is 1.19. The van der Waals surface area contributed by atoms with Gasteiger partial charge in [-0.3, -0.25) is 0 Å². The normalized spacial score (nSPS) is 10.4. The highest BCUT2D eigenvalue weighted by atomic mass is 14.8. The van der Waals surface area contributed by atoms with Crippen LogP contribution < -0.4 is 10.6 Å². The molecule has 0 spiro atoms. The Labute approximate surface area is 70.8 Å². The zero-order chi connectivity index (χ0) is 8.36. The third-order valence-corrected chi connectivity index (χ3v) is 1.63. The van der Waals surface area contributed by atoms with E-state index in [1.807, 2.05) is 7.05 Å². The van der Waals surface area contributed by atoms with Gasteiger partial charge in [0.25, 0.3) is 0 Å². The molecule has 0 atom stereocenters. The molecule has 67 valence electrons. The van der Waals surface area contributed by atoms with Crippen LogP contribution in [0, 0.1) is 6.92 Å². The SMILES string of the molecule is [CH2]CCNCCCCCNC. The summed E-state index contributed by atoms with van der Waals surface area (Å²) in [6.07, 6.45) is 4.91. The fourth-order valence-corrected chi connectivity index (χ4v) is 0.979. The van der Waals surface area contributed by atoms with Crippen molar-refractivity contribution in [1.82, 2.24) is 10.6 Å². The molecule has 0 bridgehead atoms. The molecule has 0 aromatic rings. The van der Waals surface area contributed by atoms with Crippen LogP contribution in [0.3, 0.4) is 0 Å². The Bertz CT molecular complexity index is 56.6. The Balaban J connectivity index is 2.69. The molecule has 0 aromatic heterocycles. The summed E-state index contributed by atoms with van der Waals surface area (Å²) in [7, 11) is 2.00. The zero-order valence-electron chi connectivity index (χ0n) is 7.66. The van der Waals surface area contributed by atoms with Gasteiger partial charge in [0, 0.05) is 0 Å². The summed E-state index contributed by atoms with van der Waals surface area (Å²) >= 11 is 0. The molecular weight excluding hydrogens is 136 g/mol. The lowest BCUT2D eigenvalue weighted by atomic mass is 10.2. The van der Waals surface area contributed by atoms with Gasteiger partial charge in [-0.25, -0.2) is 0 Å². The summed E-state index contributed by atoms with van der Waals surface area (Å²) in [5, 5.41) is 6.47. The Kier molecular flexibility index (Phi) is 9.85. The molecule has 0 fully saturated rings. The van der Waals surface area contributed by atoms with E-state index < -0.39 is 0 Å². The quantitative estimate of drug-likeness (QED) is 0.517. The molecule has 0 rings (SSSR count). The van der Waals surface area contributed by atoms with E-state index >= 15 is 0 Å². The van der Waals surface area contributed by atoms with Crippen molar-refractivity contribution < 1.29 is 0 Å². The highest BCUT2D eigenvalue weighted by Crippen LogP contribution is 1.91. The molecule has 2 heteroatoms. The van der Waals surface area contributed by atoms with Crippen LogP contribution in [0.2, 0.25) is 0 Å². The Morgan fingerprint density at radius 3 is 2.36 bits per heavy atom. The highest BCUT2D eigenvalue weighted by Gasteiger charge is 1.87. The molecule has 0 aliphatic heterocycles. The van der Waals surface area contributed by atoms with Crippen molar-refractivity contribution in [1.29, 1.82) is 0 Å².